The largest absolute Gasteiger partial charge is 0.465 e. The van der Waals surface area contributed by atoms with E-state index in [-0.39, 0.29) is 5.97 Å². The Kier molecular flexibility index (Phi) is 5.05. The molecular formula is C11H22N2O2. The van der Waals surface area contributed by atoms with Gasteiger partial charge in [-0.3, -0.25) is 4.79 Å². The monoisotopic (exact) mass is 214 g/mol. The summed E-state index contributed by atoms with van der Waals surface area (Å²) in [5, 5.41) is 0. The number of hydrogen-bond acceptors (Lipinski definition) is 4. The van der Waals surface area contributed by atoms with Crippen LogP contribution in [0.3, 0.4) is 0 Å². The molecule has 0 aromatic heterocycles. The highest BCUT2D eigenvalue weighted by atomic mass is 16.5. The summed E-state index contributed by atoms with van der Waals surface area (Å²) in [6.45, 7) is 7.17. The summed E-state index contributed by atoms with van der Waals surface area (Å²) < 4.78 is 4.88. The lowest BCUT2D eigenvalue weighted by Gasteiger charge is -2.31. The highest BCUT2D eigenvalue weighted by Crippen LogP contribution is 2.15. The van der Waals surface area contributed by atoms with Gasteiger partial charge in [0.2, 0.25) is 0 Å². The minimum Gasteiger partial charge on any atom is -0.465 e. The normalized spacial score (nSPS) is 24.9. The second kappa shape index (κ2) is 6.08. The highest BCUT2D eigenvalue weighted by Gasteiger charge is 2.22. The van der Waals surface area contributed by atoms with Crippen molar-refractivity contribution in [3.05, 3.63) is 0 Å². The first-order chi connectivity index (χ1) is 7.13. The maximum absolute atomic E-state index is 11.3. The van der Waals surface area contributed by atoms with Crippen molar-refractivity contribution in [2.24, 2.45) is 11.7 Å². The van der Waals surface area contributed by atoms with Crippen LogP contribution in [-0.2, 0) is 9.53 Å². The van der Waals surface area contributed by atoms with E-state index in [9.17, 15) is 4.79 Å². The van der Waals surface area contributed by atoms with Gasteiger partial charge in [-0.15, -0.1) is 0 Å². The van der Waals surface area contributed by atoms with Gasteiger partial charge in [0.25, 0.3) is 0 Å². The summed E-state index contributed by atoms with van der Waals surface area (Å²) in [6.07, 6.45) is 2.49. The lowest BCUT2D eigenvalue weighted by atomic mass is 10.00. The van der Waals surface area contributed by atoms with Gasteiger partial charge in [0.05, 0.1) is 6.61 Å². The number of likely N-dealkylation sites (tertiary alicyclic amines) is 1. The fourth-order valence-electron chi connectivity index (χ4n) is 2.05. The zero-order chi connectivity index (χ0) is 11.3. The van der Waals surface area contributed by atoms with E-state index in [4.69, 9.17) is 10.5 Å². The third-order valence-electron chi connectivity index (χ3n) is 2.79. The second-order valence-electron chi connectivity index (χ2n) is 4.37. The number of carbonyl (C=O) groups is 1. The number of esters is 1. The molecule has 4 heteroatoms. The summed E-state index contributed by atoms with van der Waals surface area (Å²) in [7, 11) is 0. The minimum absolute atomic E-state index is 0.282. The first-order valence-corrected chi connectivity index (χ1v) is 5.78. The SMILES string of the molecule is CCOC(=O)C(N)CN1CCCC(C)C1. The molecule has 0 bridgehead atoms. The van der Waals surface area contributed by atoms with Crippen LogP contribution in [0.5, 0.6) is 0 Å². The van der Waals surface area contributed by atoms with E-state index in [0.717, 1.165) is 13.1 Å². The van der Waals surface area contributed by atoms with Crippen molar-refractivity contribution in [2.45, 2.75) is 32.7 Å². The molecule has 2 atom stereocenters. The molecule has 1 fully saturated rings. The van der Waals surface area contributed by atoms with Crippen molar-refractivity contribution in [3.63, 3.8) is 0 Å². The van der Waals surface area contributed by atoms with Crippen LogP contribution in [-0.4, -0.2) is 43.2 Å². The lowest BCUT2D eigenvalue weighted by Crippen LogP contribution is -2.46. The van der Waals surface area contributed by atoms with E-state index in [2.05, 4.69) is 11.8 Å². The molecule has 2 unspecified atom stereocenters. The Balaban J connectivity index is 2.30. The molecule has 0 aliphatic carbocycles. The van der Waals surface area contributed by atoms with Crippen LogP contribution >= 0.6 is 0 Å². The summed E-state index contributed by atoms with van der Waals surface area (Å²) in [6, 6.07) is -0.491. The molecule has 4 nitrogen and oxygen atoms in total. The zero-order valence-corrected chi connectivity index (χ0v) is 9.74. The second-order valence-corrected chi connectivity index (χ2v) is 4.37. The van der Waals surface area contributed by atoms with Gasteiger partial charge in [-0.1, -0.05) is 6.92 Å². The van der Waals surface area contributed by atoms with Crippen LogP contribution in [0, 0.1) is 5.92 Å². The van der Waals surface area contributed by atoms with Gasteiger partial charge >= 0.3 is 5.97 Å². The number of ether oxygens (including phenoxy) is 1. The molecule has 88 valence electrons. The lowest BCUT2D eigenvalue weighted by molar-refractivity contribution is -0.145. The molecule has 15 heavy (non-hydrogen) atoms. The van der Waals surface area contributed by atoms with Crippen molar-refractivity contribution in [3.8, 4) is 0 Å². The number of nitrogens with two attached hydrogens (primary N) is 1. The average molecular weight is 214 g/mol. The van der Waals surface area contributed by atoms with Crippen LogP contribution in [0.25, 0.3) is 0 Å². The van der Waals surface area contributed by atoms with E-state index in [1.165, 1.54) is 12.8 Å². The van der Waals surface area contributed by atoms with Gasteiger partial charge < -0.3 is 15.4 Å². The van der Waals surface area contributed by atoms with E-state index < -0.39 is 6.04 Å². The molecule has 0 spiro atoms. The van der Waals surface area contributed by atoms with Gasteiger partial charge in [0.1, 0.15) is 6.04 Å². The third-order valence-corrected chi connectivity index (χ3v) is 2.79. The minimum atomic E-state index is -0.491. The Labute approximate surface area is 91.8 Å². The number of piperidine rings is 1. The molecule has 0 radical (unpaired) electrons. The van der Waals surface area contributed by atoms with E-state index in [1.807, 2.05) is 0 Å². The van der Waals surface area contributed by atoms with Crippen LogP contribution in [0.2, 0.25) is 0 Å². The van der Waals surface area contributed by atoms with Gasteiger partial charge in [-0.2, -0.15) is 0 Å². The molecule has 1 rings (SSSR count). The Morgan fingerprint density at radius 1 is 1.67 bits per heavy atom. The van der Waals surface area contributed by atoms with Crippen molar-refractivity contribution in [1.29, 1.82) is 0 Å². The van der Waals surface area contributed by atoms with Gasteiger partial charge in [-0.25, -0.2) is 0 Å². The predicted octanol–water partition coefficient (Wildman–Crippen LogP) is 0.609. The summed E-state index contributed by atoms with van der Waals surface area (Å²) in [5.41, 5.74) is 5.76. The van der Waals surface area contributed by atoms with Gasteiger partial charge in [-0.05, 0) is 32.2 Å². The fraction of sp³-hybridized carbons (Fsp3) is 0.909. The Morgan fingerprint density at radius 2 is 2.40 bits per heavy atom. The molecule has 0 saturated carbocycles. The Morgan fingerprint density at radius 3 is 3.00 bits per heavy atom. The molecule has 0 aromatic carbocycles. The summed E-state index contributed by atoms with van der Waals surface area (Å²) >= 11 is 0. The van der Waals surface area contributed by atoms with E-state index in [0.29, 0.717) is 19.1 Å². The Bertz CT molecular complexity index is 209. The molecule has 1 heterocycles. The summed E-state index contributed by atoms with van der Waals surface area (Å²) in [5.74, 6) is 0.434. The molecule has 0 amide bonds. The van der Waals surface area contributed by atoms with Crippen molar-refractivity contribution >= 4 is 5.97 Å². The fourth-order valence-corrected chi connectivity index (χ4v) is 2.05. The quantitative estimate of drug-likeness (QED) is 0.697. The number of carbonyl (C=O) groups excluding carboxylic acids is 1. The zero-order valence-electron chi connectivity index (χ0n) is 9.74. The number of rotatable bonds is 4. The highest BCUT2D eigenvalue weighted by molar-refractivity contribution is 5.75. The van der Waals surface area contributed by atoms with Crippen LogP contribution in [0.4, 0.5) is 0 Å². The molecule has 1 saturated heterocycles. The van der Waals surface area contributed by atoms with Crippen LogP contribution in [0.1, 0.15) is 26.7 Å². The number of nitrogens with zero attached hydrogens (tertiary/aromatic N) is 1. The van der Waals surface area contributed by atoms with Crippen LogP contribution in [0.15, 0.2) is 0 Å². The van der Waals surface area contributed by atoms with Crippen molar-refractivity contribution < 1.29 is 9.53 Å². The standard InChI is InChI=1S/C11H22N2O2/c1-3-15-11(14)10(12)8-13-6-4-5-9(2)7-13/h9-10H,3-8,12H2,1-2H3. The van der Waals surface area contributed by atoms with Crippen LogP contribution < -0.4 is 5.73 Å². The maximum Gasteiger partial charge on any atom is 0.324 e. The van der Waals surface area contributed by atoms with Gasteiger partial charge in [0, 0.05) is 13.1 Å². The maximum atomic E-state index is 11.3. The topological polar surface area (TPSA) is 55.6 Å². The van der Waals surface area contributed by atoms with Gasteiger partial charge in [0.15, 0.2) is 0 Å². The average Bonchev–Trinajstić information content (AvgIpc) is 2.18. The smallest absolute Gasteiger partial charge is 0.324 e. The first kappa shape index (κ1) is 12.5. The third kappa shape index (κ3) is 4.18. The van der Waals surface area contributed by atoms with Crippen molar-refractivity contribution in [2.75, 3.05) is 26.2 Å². The molecular weight excluding hydrogens is 192 g/mol. The number of hydrogen-bond donors (Lipinski definition) is 1. The predicted molar refractivity (Wildman–Crippen MR) is 59.4 cm³/mol. The molecule has 1 aliphatic heterocycles. The molecule has 0 aromatic rings. The van der Waals surface area contributed by atoms with E-state index in [1.54, 1.807) is 6.92 Å². The Hall–Kier alpha value is -0.610. The first-order valence-electron chi connectivity index (χ1n) is 5.78. The molecule has 2 N–H and O–H groups in total. The van der Waals surface area contributed by atoms with Crippen molar-refractivity contribution in [1.82, 2.24) is 4.90 Å². The molecule has 1 aliphatic rings. The summed E-state index contributed by atoms with van der Waals surface area (Å²) in [4.78, 5) is 13.6. The van der Waals surface area contributed by atoms with E-state index >= 15 is 0 Å².